The molecule has 7 nitrogen and oxygen atoms in total. The van der Waals surface area contributed by atoms with Crippen LogP contribution in [0.3, 0.4) is 0 Å². The third-order valence-electron chi connectivity index (χ3n) is 6.95. The smallest absolute Gasteiger partial charge is 0.149 e. The summed E-state index contributed by atoms with van der Waals surface area (Å²) in [6, 6.07) is 8.20. The monoisotopic (exact) mass is 434 g/mol. The summed E-state index contributed by atoms with van der Waals surface area (Å²) in [6.07, 6.45) is 9.94. The average Bonchev–Trinajstić information content (AvgIpc) is 2.85. The van der Waals surface area contributed by atoms with Crippen molar-refractivity contribution in [1.82, 2.24) is 15.2 Å². The van der Waals surface area contributed by atoms with Gasteiger partial charge in [0.05, 0.1) is 5.52 Å². The number of aliphatic hydroxyl groups is 1. The molecule has 0 amide bonds. The molecule has 3 atom stereocenters. The van der Waals surface area contributed by atoms with Crippen molar-refractivity contribution in [3.05, 3.63) is 59.3 Å². The minimum atomic E-state index is -0.828. The molecule has 2 aliphatic carbocycles. The number of pyridine rings is 1. The van der Waals surface area contributed by atoms with Crippen molar-refractivity contribution in [2.24, 2.45) is 0 Å². The molecule has 1 aliphatic heterocycles. The van der Waals surface area contributed by atoms with Crippen molar-refractivity contribution < 1.29 is 14.6 Å². The van der Waals surface area contributed by atoms with Gasteiger partial charge in [0.2, 0.25) is 0 Å². The molecule has 7 heteroatoms. The van der Waals surface area contributed by atoms with Gasteiger partial charge in [0.15, 0.2) is 0 Å². The maximum absolute atomic E-state index is 11.4. The number of benzene rings is 1. The summed E-state index contributed by atoms with van der Waals surface area (Å²) in [7, 11) is 1.65. The third kappa shape index (κ3) is 3.65. The summed E-state index contributed by atoms with van der Waals surface area (Å²) in [4.78, 5) is 18.0. The van der Waals surface area contributed by atoms with Gasteiger partial charge in [-0.25, -0.2) is 4.90 Å². The number of para-hydroxylation sites is 1. The molecule has 1 saturated heterocycles. The molecule has 1 aromatic carbocycles. The number of aliphatic hydroxyl groups excluding tert-OH is 1. The van der Waals surface area contributed by atoms with Gasteiger partial charge in [-0.1, -0.05) is 30.4 Å². The standard InChI is InChI=1S/C25H30N4O3/c1-32-25(12-10-17(16-30)11-13-25)29-15-14-26-23(24(29)31)28-22-18-6-2-4-8-20(18)27-21-9-5-3-7-19(21)22/h2,4,6,8,10-12,16,23-24,26,31H,3,5,7,9,13-15H2,1H3,(H,27,28). The lowest BCUT2D eigenvalue weighted by molar-refractivity contribution is -0.181. The lowest BCUT2D eigenvalue weighted by Gasteiger charge is -2.49. The molecule has 3 N–H and O–H groups in total. The number of nitrogens with zero attached hydrogens (tertiary/aromatic N) is 2. The van der Waals surface area contributed by atoms with Gasteiger partial charge in [-0.3, -0.25) is 15.1 Å². The number of carbonyl (C=O) groups excluding carboxylic acids is 1. The summed E-state index contributed by atoms with van der Waals surface area (Å²) >= 11 is 0. The van der Waals surface area contributed by atoms with Crippen LogP contribution in [0.15, 0.2) is 48.1 Å². The molecule has 0 radical (unpaired) electrons. The van der Waals surface area contributed by atoms with Crippen LogP contribution in [0, 0.1) is 0 Å². The number of methoxy groups -OCH3 is 1. The Balaban J connectivity index is 1.47. The highest BCUT2D eigenvalue weighted by molar-refractivity contribution is 5.93. The van der Waals surface area contributed by atoms with E-state index < -0.39 is 12.0 Å². The minimum absolute atomic E-state index is 0.377. The molecule has 0 saturated carbocycles. The normalized spacial score (nSPS) is 28.2. The molecule has 32 heavy (non-hydrogen) atoms. The van der Waals surface area contributed by atoms with Crippen molar-refractivity contribution in [3.8, 4) is 0 Å². The third-order valence-corrected chi connectivity index (χ3v) is 6.95. The van der Waals surface area contributed by atoms with Crippen LogP contribution in [0.25, 0.3) is 10.9 Å². The van der Waals surface area contributed by atoms with Crippen LogP contribution in [0.1, 0.15) is 30.5 Å². The zero-order valence-electron chi connectivity index (χ0n) is 18.4. The molecule has 168 valence electrons. The van der Waals surface area contributed by atoms with Crippen molar-refractivity contribution in [2.45, 2.75) is 50.2 Å². The predicted molar refractivity (Wildman–Crippen MR) is 124 cm³/mol. The number of ether oxygens (including phenoxy) is 1. The highest BCUT2D eigenvalue weighted by atomic mass is 16.5. The van der Waals surface area contributed by atoms with Crippen LogP contribution in [-0.2, 0) is 22.4 Å². The Kier molecular flexibility index (Phi) is 5.82. The molecule has 3 unspecified atom stereocenters. The lowest BCUT2D eigenvalue weighted by Crippen LogP contribution is -2.67. The lowest BCUT2D eigenvalue weighted by atomic mass is 9.92. The zero-order chi connectivity index (χ0) is 22.1. The highest BCUT2D eigenvalue weighted by Crippen LogP contribution is 2.35. The van der Waals surface area contributed by atoms with E-state index >= 15 is 0 Å². The van der Waals surface area contributed by atoms with Gasteiger partial charge in [0.1, 0.15) is 24.4 Å². The number of fused-ring (bicyclic) bond motifs is 2. The zero-order valence-corrected chi connectivity index (χ0v) is 18.4. The second-order valence-electron chi connectivity index (χ2n) is 8.73. The van der Waals surface area contributed by atoms with Crippen molar-refractivity contribution in [3.63, 3.8) is 0 Å². The Morgan fingerprint density at radius 1 is 1.31 bits per heavy atom. The number of aryl methyl sites for hydroxylation is 1. The summed E-state index contributed by atoms with van der Waals surface area (Å²) in [5, 5.41) is 19.6. The van der Waals surface area contributed by atoms with Crippen LogP contribution in [0.4, 0.5) is 5.69 Å². The molecule has 3 aliphatic rings. The fourth-order valence-electron chi connectivity index (χ4n) is 5.19. The Hall–Kier alpha value is -2.58. The van der Waals surface area contributed by atoms with Gasteiger partial charge >= 0.3 is 0 Å². The highest BCUT2D eigenvalue weighted by Gasteiger charge is 2.43. The van der Waals surface area contributed by atoms with E-state index in [1.807, 2.05) is 29.2 Å². The van der Waals surface area contributed by atoms with Crippen molar-refractivity contribution in [2.75, 3.05) is 25.5 Å². The topological polar surface area (TPSA) is 86.7 Å². The van der Waals surface area contributed by atoms with E-state index in [1.165, 1.54) is 5.56 Å². The van der Waals surface area contributed by atoms with E-state index in [1.54, 1.807) is 13.2 Å². The fraction of sp³-hybridized carbons (Fsp3) is 0.440. The van der Waals surface area contributed by atoms with Crippen molar-refractivity contribution in [1.29, 1.82) is 0 Å². The Morgan fingerprint density at radius 2 is 2.16 bits per heavy atom. The first-order chi connectivity index (χ1) is 15.6. The number of aromatic nitrogens is 1. The largest absolute Gasteiger partial charge is 0.375 e. The van der Waals surface area contributed by atoms with E-state index in [4.69, 9.17) is 9.72 Å². The Morgan fingerprint density at radius 3 is 2.94 bits per heavy atom. The average molecular weight is 435 g/mol. The Bertz CT molecular complexity index is 1080. The second kappa shape index (κ2) is 8.75. The number of aldehydes is 1. The number of hydrogen-bond donors (Lipinski definition) is 3. The molecule has 1 aromatic heterocycles. The first-order valence-electron chi connectivity index (χ1n) is 11.4. The van der Waals surface area contributed by atoms with Crippen LogP contribution in [0.2, 0.25) is 0 Å². The maximum Gasteiger partial charge on any atom is 0.149 e. The molecular formula is C25H30N4O3. The van der Waals surface area contributed by atoms with Gasteiger partial charge < -0.3 is 15.2 Å². The van der Waals surface area contributed by atoms with Crippen LogP contribution in [0.5, 0.6) is 0 Å². The summed E-state index contributed by atoms with van der Waals surface area (Å²) in [5.41, 5.74) is 4.32. The van der Waals surface area contributed by atoms with Gasteiger partial charge in [0, 0.05) is 49.0 Å². The summed E-state index contributed by atoms with van der Waals surface area (Å²) in [6.45, 7) is 1.32. The number of nitrogens with one attached hydrogen (secondary N) is 2. The minimum Gasteiger partial charge on any atom is -0.375 e. The molecule has 1 fully saturated rings. The first kappa shape index (κ1) is 21.3. The number of rotatable bonds is 5. The van der Waals surface area contributed by atoms with E-state index in [2.05, 4.69) is 22.8 Å². The van der Waals surface area contributed by atoms with Crippen LogP contribution >= 0.6 is 0 Å². The summed E-state index contributed by atoms with van der Waals surface area (Å²) in [5.74, 6) is 0. The SMILES string of the molecule is COC1(N2CCNC(Nc3c4c(nc5ccccc35)CCCC4)C2O)C=CC(C=O)=CC1. The number of allylic oxidation sites excluding steroid dienone is 2. The first-order valence-corrected chi connectivity index (χ1v) is 11.4. The molecule has 5 rings (SSSR count). The molecule has 2 heterocycles. The van der Waals surface area contributed by atoms with E-state index in [-0.39, 0.29) is 6.17 Å². The maximum atomic E-state index is 11.4. The van der Waals surface area contributed by atoms with Crippen LogP contribution in [-0.4, -0.2) is 59.6 Å². The number of hydrogen-bond acceptors (Lipinski definition) is 7. The van der Waals surface area contributed by atoms with E-state index in [9.17, 15) is 9.90 Å². The van der Waals surface area contributed by atoms with Gasteiger partial charge in [0.25, 0.3) is 0 Å². The number of piperazine rings is 1. The molecular weight excluding hydrogens is 404 g/mol. The van der Waals surface area contributed by atoms with E-state index in [0.29, 0.717) is 25.1 Å². The quantitative estimate of drug-likeness (QED) is 0.624. The second-order valence-corrected chi connectivity index (χ2v) is 8.73. The molecule has 0 spiro atoms. The molecule has 2 aromatic rings. The summed E-state index contributed by atoms with van der Waals surface area (Å²) < 4.78 is 5.89. The number of anilines is 1. The van der Waals surface area contributed by atoms with E-state index in [0.717, 1.165) is 54.3 Å². The Labute approximate surface area is 188 Å². The number of carbonyl (C=O) groups is 1. The van der Waals surface area contributed by atoms with Gasteiger partial charge in [-0.05, 0) is 43.4 Å². The van der Waals surface area contributed by atoms with Crippen LogP contribution < -0.4 is 10.6 Å². The fourth-order valence-corrected chi connectivity index (χ4v) is 5.19. The predicted octanol–water partition coefficient (Wildman–Crippen LogP) is 2.50. The van der Waals surface area contributed by atoms with Crippen molar-refractivity contribution >= 4 is 22.9 Å². The van der Waals surface area contributed by atoms with Gasteiger partial charge in [-0.15, -0.1) is 0 Å². The van der Waals surface area contributed by atoms with Gasteiger partial charge in [-0.2, -0.15) is 0 Å². The molecule has 0 bridgehead atoms.